The van der Waals surface area contributed by atoms with Crippen molar-refractivity contribution in [2.24, 2.45) is 0 Å². The summed E-state index contributed by atoms with van der Waals surface area (Å²) in [5, 5.41) is 0. The minimum absolute atomic E-state index is 0.544. The maximum atomic E-state index is 4.82. The molecule has 0 aromatic carbocycles. The fourth-order valence-electron chi connectivity index (χ4n) is 1.03. The summed E-state index contributed by atoms with van der Waals surface area (Å²) in [7, 11) is 3.32. The third-order valence-corrected chi connectivity index (χ3v) is 1.79. The molecular weight excluding hydrogens is 188 g/mol. The van der Waals surface area contributed by atoms with Crippen molar-refractivity contribution in [2.45, 2.75) is 32.1 Å². The minimum Gasteiger partial charge on any atom is -0.372 e. The van der Waals surface area contributed by atoms with Crippen molar-refractivity contribution in [1.29, 1.82) is 0 Å². The summed E-state index contributed by atoms with van der Waals surface area (Å²) in [5.74, 6) is 12.0. The molecule has 0 aliphatic carbocycles. The zero-order valence-electron chi connectivity index (χ0n) is 9.77. The number of methoxy groups -OCH3 is 2. The van der Waals surface area contributed by atoms with E-state index >= 15 is 0 Å². The maximum absolute atomic E-state index is 4.82. The maximum Gasteiger partial charge on any atom is 0.107 e. The number of rotatable bonds is 6. The van der Waals surface area contributed by atoms with Gasteiger partial charge in [-0.25, -0.2) is 0 Å². The van der Waals surface area contributed by atoms with Gasteiger partial charge in [-0.15, -0.1) is 11.8 Å². The van der Waals surface area contributed by atoms with Crippen LogP contribution in [0.2, 0.25) is 0 Å². The Hall–Kier alpha value is -0.960. The van der Waals surface area contributed by atoms with Crippen molar-refractivity contribution in [3.8, 4) is 23.7 Å². The van der Waals surface area contributed by atoms with Gasteiger partial charge in [-0.3, -0.25) is 0 Å². The standard InChI is InChI=1S/C13H20O2/c1-14-12-10-8-6-4-3-5-7-9-11-13-15-2/h3-7,12-13H2,1-2H3. The van der Waals surface area contributed by atoms with Gasteiger partial charge in [0, 0.05) is 27.1 Å². The molecule has 0 rings (SSSR count). The predicted octanol–water partition coefficient (Wildman–Crippen LogP) is 2.24. The van der Waals surface area contributed by atoms with Gasteiger partial charge in [-0.2, -0.15) is 0 Å². The molecule has 15 heavy (non-hydrogen) atoms. The predicted molar refractivity (Wildman–Crippen MR) is 62.4 cm³/mol. The first-order valence-corrected chi connectivity index (χ1v) is 5.31. The minimum atomic E-state index is 0.544. The Balaban J connectivity index is 3.13. The monoisotopic (exact) mass is 208 g/mol. The van der Waals surface area contributed by atoms with E-state index in [9.17, 15) is 0 Å². The number of hydrogen-bond acceptors (Lipinski definition) is 2. The summed E-state index contributed by atoms with van der Waals surface area (Å²) in [4.78, 5) is 0. The van der Waals surface area contributed by atoms with E-state index in [0.717, 1.165) is 25.7 Å². The highest BCUT2D eigenvalue weighted by Gasteiger charge is 1.85. The van der Waals surface area contributed by atoms with Crippen LogP contribution in [0.3, 0.4) is 0 Å². The lowest BCUT2D eigenvalue weighted by molar-refractivity contribution is 0.239. The summed E-state index contributed by atoms with van der Waals surface area (Å²) in [6.07, 6.45) is 5.44. The lowest BCUT2D eigenvalue weighted by Crippen LogP contribution is -1.82. The topological polar surface area (TPSA) is 18.5 Å². The summed E-state index contributed by atoms with van der Waals surface area (Å²) in [6.45, 7) is 1.09. The zero-order chi connectivity index (χ0) is 11.2. The van der Waals surface area contributed by atoms with Crippen LogP contribution in [0.4, 0.5) is 0 Å². The first kappa shape index (κ1) is 14.0. The Kier molecular flexibility index (Phi) is 12.2. The van der Waals surface area contributed by atoms with Crippen LogP contribution in [0, 0.1) is 23.7 Å². The van der Waals surface area contributed by atoms with Gasteiger partial charge < -0.3 is 9.47 Å². The van der Waals surface area contributed by atoms with Gasteiger partial charge in [0.1, 0.15) is 13.2 Å². The van der Waals surface area contributed by atoms with Crippen LogP contribution in [0.5, 0.6) is 0 Å². The van der Waals surface area contributed by atoms with E-state index in [0.29, 0.717) is 13.2 Å². The zero-order valence-corrected chi connectivity index (χ0v) is 9.77. The number of hydrogen-bond donors (Lipinski definition) is 0. The van der Waals surface area contributed by atoms with E-state index in [1.807, 2.05) is 0 Å². The largest absolute Gasteiger partial charge is 0.372 e. The second-order valence-corrected chi connectivity index (χ2v) is 3.13. The third kappa shape index (κ3) is 13.0. The highest BCUT2D eigenvalue weighted by molar-refractivity contribution is 4.99. The van der Waals surface area contributed by atoms with Crippen LogP contribution in [0.1, 0.15) is 32.1 Å². The van der Waals surface area contributed by atoms with E-state index in [1.165, 1.54) is 6.42 Å². The smallest absolute Gasteiger partial charge is 0.107 e. The summed E-state index contributed by atoms with van der Waals surface area (Å²) in [5.41, 5.74) is 0. The molecular formula is C13H20O2. The molecule has 2 nitrogen and oxygen atoms in total. The molecule has 0 aliphatic heterocycles. The second kappa shape index (κ2) is 13.0. The van der Waals surface area contributed by atoms with E-state index in [1.54, 1.807) is 14.2 Å². The molecule has 0 atom stereocenters. The van der Waals surface area contributed by atoms with E-state index in [-0.39, 0.29) is 0 Å². The first-order valence-electron chi connectivity index (χ1n) is 5.31. The van der Waals surface area contributed by atoms with Gasteiger partial charge >= 0.3 is 0 Å². The Labute approximate surface area is 93.3 Å². The molecule has 0 spiro atoms. The molecule has 2 heteroatoms. The molecule has 0 aliphatic rings. The molecule has 0 saturated carbocycles. The van der Waals surface area contributed by atoms with Crippen LogP contribution < -0.4 is 0 Å². The molecule has 0 aromatic heterocycles. The fourth-order valence-corrected chi connectivity index (χ4v) is 1.03. The molecule has 0 saturated heterocycles. The van der Waals surface area contributed by atoms with Gasteiger partial charge in [0.25, 0.3) is 0 Å². The van der Waals surface area contributed by atoms with Gasteiger partial charge in [0.15, 0.2) is 0 Å². The number of ether oxygens (including phenoxy) is 2. The molecule has 0 amide bonds. The van der Waals surface area contributed by atoms with Crippen LogP contribution >= 0.6 is 0 Å². The average Bonchev–Trinajstić information content (AvgIpc) is 2.26. The molecule has 0 aromatic rings. The van der Waals surface area contributed by atoms with Gasteiger partial charge in [-0.05, 0) is 12.8 Å². The van der Waals surface area contributed by atoms with Gasteiger partial charge in [0.05, 0.1) is 0 Å². The third-order valence-electron chi connectivity index (χ3n) is 1.79. The van der Waals surface area contributed by atoms with Crippen molar-refractivity contribution in [2.75, 3.05) is 27.4 Å². The van der Waals surface area contributed by atoms with Crippen LogP contribution in [0.25, 0.3) is 0 Å². The van der Waals surface area contributed by atoms with Crippen molar-refractivity contribution in [3.05, 3.63) is 0 Å². The lowest BCUT2D eigenvalue weighted by atomic mass is 10.1. The molecule has 0 heterocycles. The van der Waals surface area contributed by atoms with E-state index in [2.05, 4.69) is 23.7 Å². The molecule has 0 bridgehead atoms. The van der Waals surface area contributed by atoms with Crippen LogP contribution in [-0.4, -0.2) is 27.4 Å². The van der Waals surface area contributed by atoms with E-state index < -0.39 is 0 Å². The number of unbranched alkanes of at least 4 members (excludes halogenated alkanes) is 4. The van der Waals surface area contributed by atoms with Crippen LogP contribution in [0.15, 0.2) is 0 Å². The van der Waals surface area contributed by atoms with E-state index in [4.69, 9.17) is 9.47 Å². The van der Waals surface area contributed by atoms with Crippen molar-refractivity contribution in [1.82, 2.24) is 0 Å². The molecule has 0 unspecified atom stereocenters. The quantitative estimate of drug-likeness (QED) is 0.492. The Morgan fingerprint density at radius 3 is 1.53 bits per heavy atom. The van der Waals surface area contributed by atoms with Gasteiger partial charge in [0.2, 0.25) is 0 Å². The molecule has 0 radical (unpaired) electrons. The summed E-state index contributed by atoms with van der Waals surface area (Å²) >= 11 is 0. The molecule has 0 fully saturated rings. The second-order valence-electron chi connectivity index (χ2n) is 3.13. The van der Waals surface area contributed by atoms with Crippen molar-refractivity contribution in [3.63, 3.8) is 0 Å². The van der Waals surface area contributed by atoms with Crippen molar-refractivity contribution < 1.29 is 9.47 Å². The van der Waals surface area contributed by atoms with Crippen molar-refractivity contribution >= 4 is 0 Å². The summed E-state index contributed by atoms with van der Waals surface area (Å²) in [6, 6.07) is 0. The lowest BCUT2D eigenvalue weighted by Gasteiger charge is -1.92. The van der Waals surface area contributed by atoms with Gasteiger partial charge in [-0.1, -0.05) is 18.3 Å². The molecule has 0 N–H and O–H groups in total. The SMILES string of the molecule is COCC#CCCCCCC#CCOC. The Bertz CT molecular complexity index is 211. The Morgan fingerprint density at radius 2 is 1.13 bits per heavy atom. The highest BCUT2D eigenvalue weighted by atomic mass is 16.5. The molecule has 84 valence electrons. The Morgan fingerprint density at radius 1 is 0.667 bits per heavy atom. The summed E-state index contributed by atoms with van der Waals surface area (Å²) < 4.78 is 9.64. The first-order chi connectivity index (χ1) is 7.41. The normalized spacial score (nSPS) is 8.67. The average molecular weight is 208 g/mol. The highest BCUT2D eigenvalue weighted by Crippen LogP contribution is 2.01. The van der Waals surface area contributed by atoms with Crippen LogP contribution in [-0.2, 0) is 9.47 Å². The fraction of sp³-hybridized carbons (Fsp3) is 0.692.